The molecule has 0 aliphatic heterocycles. The molecule has 0 aliphatic carbocycles. The molecule has 1 atom stereocenters. The van der Waals surface area contributed by atoms with Crippen LogP contribution in [0, 0.1) is 5.92 Å². The first-order valence-electron chi connectivity index (χ1n) is 4.91. The summed E-state index contributed by atoms with van der Waals surface area (Å²) in [6.07, 6.45) is 0.863. The normalized spacial score (nSPS) is 13.2. The molecule has 0 aromatic heterocycles. The lowest BCUT2D eigenvalue weighted by molar-refractivity contribution is 0.261. The minimum absolute atomic E-state index is 0.276. The van der Waals surface area contributed by atoms with Crippen molar-refractivity contribution in [2.45, 2.75) is 26.2 Å². The van der Waals surface area contributed by atoms with Gasteiger partial charge in [-0.1, -0.05) is 44.2 Å². The van der Waals surface area contributed by atoms with Crippen LogP contribution in [0.4, 0.5) is 0 Å². The second-order valence-electron chi connectivity index (χ2n) is 3.77. The summed E-state index contributed by atoms with van der Waals surface area (Å²) in [7, 11) is 0. The van der Waals surface area contributed by atoms with Gasteiger partial charge in [-0.05, 0) is 23.8 Å². The van der Waals surface area contributed by atoms with Crippen LogP contribution in [0.15, 0.2) is 30.3 Å². The predicted octanol–water partition coefficient (Wildman–Crippen LogP) is 2.81. The van der Waals surface area contributed by atoms with Crippen LogP contribution in [0.1, 0.15) is 31.7 Å². The summed E-state index contributed by atoms with van der Waals surface area (Å²) in [6, 6.07) is 10.4. The van der Waals surface area contributed by atoms with E-state index >= 15 is 0 Å². The van der Waals surface area contributed by atoms with Gasteiger partial charge in [-0.2, -0.15) is 0 Å². The molecule has 0 amide bonds. The molecule has 0 heterocycles. The Bertz CT molecular complexity index is 228. The smallest absolute Gasteiger partial charge is 0.0436 e. The molecule has 1 aromatic carbocycles. The van der Waals surface area contributed by atoms with Gasteiger partial charge in [0.25, 0.3) is 0 Å². The summed E-state index contributed by atoms with van der Waals surface area (Å²) in [4.78, 5) is 0. The fourth-order valence-corrected chi connectivity index (χ4v) is 1.72. The maximum Gasteiger partial charge on any atom is 0.0436 e. The molecule has 0 saturated heterocycles. The topological polar surface area (TPSA) is 20.2 Å². The van der Waals surface area contributed by atoms with E-state index in [0.29, 0.717) is 11.8 Å². The molecule has 1 unspecified atom stereocenters. The van der Waals surface area contributed by atoms with Gasteiger partial charge in [-0.25, -0.2) is 0 Å². The molecule has 1 rings (SSSR count). The maximum atomic E-state index is 8.95. The zero-order chi connectivity index (χ0) is 9.68. The Morgan fingerprint density at radius 2 is 1.77 bits per heavy atom. The predicted molar refractivity (Wildman–Crippen MR) is 55.7 cm³/mol. The van der Waals surface area contributed by atoms with Crippen molar-refractivity contribution in [3.8, 4) is 0 Å². The van der Waals surface area contributed by atoms with E-state index in [1.165, 1.54) is 5.56 Å². The van der Waals surface area contributed by atoms with Crippen LogP contribution in [-0.2, 0) is 0 Å². The highest BCUT2D eigenvalue weighted by atomic mass is 16.3. The third-order valence-corrected chi connectivity index (χ3v) is 2.47. The quantitative estimate of drug-likeness (QED) is 0.751. The molecule has 0 saturated carbocycles. The Kier molecular flexibility index (Phi) is 3.97. The fraction of sp³-hybridized carbons (Fsp3) is 0.500. The first kappa shape index (κ1) is 10.3. The Morgan fingerprint density at radius 1 is 1.15 bits per heavy atom. The maximum absolute atomic E-state index is 8.95. The molecule has 72 valence electrons. The Labute approximate surface area is 80.4 Å². The second kappa shape index (κ2) is 5.03. The van der Waals surface area contributed by atoms with E-state index in [0.717, 1.165) is 6.42 Å². The van der Waals surface area contributed by atoms with Gasteiger partial charge in [-0.15, -0.1) is 0 Å². The first-order valence-corrected chi connectivity index (χ1v) is 4.91. The molecule has 1 nitrogen and oxygen atoms in total. The lowest BCUT2D eigenvalue weighted by atomic mass is 9.86. The zero-order valence-electron chi connectivity index (χ0n) is 8.40. The Morgan fingerprint density at radius 3 is 2.23 bits per heavy atom. The molecular weight excluding hydrogens is 160 g/mol. The number of benzene rings is 1. The summed E-state index contributed by atoms with van der Waals surface area (Å²) in [5.41, 5.74) is 1.34. The highest BCUT2D eigenvalue weighted by Gasteiger charge is 2.14. The van der Waals surface area contributed by atoms with E-state index in [1.807, 2.05) is 6.07 Å². The van der Waals surface area contributed by atoms with Crippen molar-refractivity contribution in [2.75, 3.05) is 6.61 Å². The van der Waals surface area contributed by atoms with Crippen molar-refractivity contribution < 1.29 is 5.11 Å². The van der Waals surface area contributed by atoms with Gasteiger partial charge < -0.3 is 5.11 Å². The fourth-order valence-electron chi connectivity index (χ4n) is 1.72. The van der Waals surface area contributed by atoms with E-state index in [4.69, 9.17) is 5.11 Å². The third-order valence-electron chi connectivity index (χ3n) is 2.47. The van der Waals surface area contributed by atoms with Crippen molar-refractivity contribution in [3.05, 3.63) is 35.9 Å². The molecule has 1 N–H and O–H groups in total. The van der Waals surface area contributed by atoms with Gasteiger partial charge >= 0.3 is 0 Å². The summed E-state index contributed by atoms with van der Waals surface area (Å²) in [6.45, 7) is 4.68. The van der Waals surface area contributed by atoms with E-state index < -0.39 is 0 Å². The molecule has 0 radical (unpaired) electrons. The molecule has 1 heteroatoms. The standard InChI is InChI=1S/C12H18O/c1-10(2)12(8-9-13)11-6-4-3-5-7-11/h3-7,10,12-13H,8-9H2,1-2H3. The van der Waals surface area contributed by atoms with Gasteiger partial charge in [0, 0.05) is 6.61 Å². The molecule has 0 fully saturated rings. The van der Waals surface area contributed by atoms with E-state index in [2.05, 4.69) is 38.1 Å². The SMILES string of the molecule is CC(C)C(CCO)c1ccccc1. The Hall–Kier alpha value is -0.820. The highest BCUT2D eigenvalue weighted by molar-refractivity contribution is 5.19. The van der Waals surface area contributed by atoms with Crippen LogP contribution in [-0.4, -0.2) is 11.7 Å². The first-order chi connectivity index (χ1) is 6.25. The number of rotatable bonds is 4. The van der Waals surface area contributed by atoms with Crippen LogP contribution in [0.2, 0.25) is 0 Å². The molecular formula is C12H18O. The van der Waals surface area contributed by atoms with Crippen molar-refractivity contribution in [1.82, 2.24) is 0 Å². The van der Waals surface area contributed by atoms with E-state index in [-0.39, 0.29) is 6.61 Å². The van der Waals surface area contributed by atoms with Crippen LogP contribution >= 0.6 is 0 Å². The van der Waals surface area contributed by atoms with Gasteiger partial charge in [-0.3, -0.25) is 0 Å². The number of hydrogen-bond acceptors (Lipinski definition) is 1. The summed E-state index contributed by atoms with van der Waals surface area (Å²) >= 11 is 0. The summed E-state index contributed by atoms with van der Waals surface area (Å²) in [5, 5.41) is 8.95. The third kappa shape index (κ3) is 2.85. The van der Waals surface area contributed by atoms with E-state index in [9.17, 15) is 0 Å². The summed E-state index contributed by atoms with van der Waals surface area (Å²) in [5.74, 6) is 1.08. The van der Waals surface area contributed by atoms with Crippen molar-refractivity contribution in [1.29, 1.82) is 0 Å². The average molecular weight is 178 g/mol. The van der Waals surface area contributed by atoms with Crippen LogP contribution in [0.3, 0.4) is 0 Å². The van der Waals surface area contributed by atoms with Crippen LogP contribution in [0.25, 0.3) is 0 Å². The number of aliphatic hydroxyl groups excluding tert-OH is 1. The lowest BCUT2D eigenvalue weighted by Gasteiger charge is -2.20. The Balaban J connectivity index is 2.76. The van der Waals surface area contributed by atoms with Gasteiger partial charge in [0.15, 0.2) is 0 Å². The van der Waals surface area contributed by atoms with Crippen molar-refractivity contribution in [2.24, 2.45) is 5.92 Å². The second-order valence-corrected chi connectivity index (χ2v) is 3.77. The van der Waals surface area contributed by atoms with Gasteiger partial charge in [0.2, 0.25) is 0 Å². The van der Waals surface area contributed by atoms with Crippen LogP contribution < -0.4 is 0 Å². The zero-order valence-corrected chi connectivity index (χ0v) is 8.40. The molecule has 0 bridgehead atoms. The monoisotopic (exact) mass is 178 g/mol. The van der Waals surface area contributed by atoms with Crippen LogP contribution in [0.5, 0.6) is 0 Å². The molecule has 0 spiro atoms. The highest BCUT2D eigenvalue weighted by Crippen LogP contribution is 2.26. The number of hydrogen-bond donors (Lipinski definition) is 1. The van der Waals surface area contributed by atoms with Gasteiger partial charge in [0.05, 0.1) is 0 Å². The molecule has 0 aliphatic rings. The lowest BCUT2D eigenvalue weighted by Crippen LogP contribution is -2.08. The largest absolute Gasteiger partial charge is 0.396 e. The molecule has 13 heavy (non-hydrogen) atoms. The van der Waals surface area contributed by atoms with Gasteiger partial charge in [0.1, 0.15) is 0 Å². The summed E-state index contributed by atoms with van der Waals surface area (Å²) < 4.78 is 0. The van der Waals surface area contributed by atoms with E-state index in [1.54, 1.807) is 0 Å². The minimum Gasteiger partial charge on any atom is -0.396 e. The average Bonchev–Trinajstić information content (AvgIpc) is 2.15. The van der Waals surface area contributed by atoms with Crippen molar-refractivity contribution in [3.63, 3.8) is 0 Å². The number of aliphatic hydroxyl groups is 1. The van der Waals surface area contributed by atoms with Crippen molar-refractivity contribution >= 4 is 0 Å². The molecule has 1 aromatic rings. The minimum atomic E-state index is 0.276.